The maximum absolute atomic E-state index is 4.31. The molecule has 1 fully saturated rings. The van der Waals surface area contributed by atoms with E-state index in [0.29, 0.717) is 0 Å². The molecule has 0 spiro atoms. The van der Waals surface area contributed by atoms with Crippen LogP contribution in [0.5, 0.6) is 0 Å². The predicted molar refractivity (Wildman–Crippen MR) is 69.8 cm³/mol. The van der Waals surface area contributed by atoms with Gasteiger partial charge in [-0.2, -0.15) is 0 Å². The first-order valence-corrected chi connectivity index (χ1v) is 7.30. The van der Waals surface area contributed by atoms with Crippen molar-refractivity contribution in [3.63, 3.8) is 0 Å². The Morgan fingerprint density at radius 2 is 2.31 bits per heavy atom. The van der Waals surface area contributed by atoms with Gasteiger partial charge in [0.05, 0.1) is 11.2 Å². The lowest BCUT2D eigenvalue weighted by molar-refractivity contribution is 0.229. The van der Waals surface area contributed by atoms with E-state index >= 15 is 0 Å². The van der Waals surface area contributed by atoms with Crippen LogP contribution in [0.15, 0.2) is 10.9 Å². The fraction of sp³-hybridized carbons (Fsp3) is 0.769. The van der Waals surface area contributed by atoms with Crippen LogP contribution in [0.3, 0.4) is 0 Å². The Kier molecular flexibility index (Phi) is 4.36. The highest BCUT2D eigenvalue weighted by Crippen LogP contribution is 2.28. The van der Waals surface area contributed by atoms with Crippen LogP contribution in [0.25, 0.3) is 0 Å². The third-order valence-corrected chi connectivity index (χ3v) is 4.34. The summed E-state index contributed by atoms with van der Waals surface area (Å²) in [7, 11) is 0. The van der Waals surface area contributed by atoms with Crippen molar-refractivity contribution in [2.45, 2.75) is 45.6 Å². The summed E-state index contributed by atoms with van der Waals surface area (Å²) in [4.78, 5) is 4.31. The Labute approximate surface area is 102 Å². The lowest BCUT2D eigenvalue weighted by Crippen LogP contribution is -2.39. The Balaban J connectivity index is 1.69. The van der Waals surface area contributed by atoms with Crippen molar-refractivity contribution in [2.75, 3.05) is 6.54 Å². The van der Waals surface area contributed by atoms with Gasteiger partial charge in [-0.25, -0.2) is 4.98 Å². The van der Waals surface area contributed by atoms with Gasteiger partial charge < -0.3 is 5.32 Å². The first-order valence-electron chi connectivity index (χ1n) is 6.36. The highest BCUT2D eigenvalue weighted by atomic mass is 32.1. The molecule has 0 aromatic carbocycles. The molecule has 1 saturated carbocycles. The van der Waals surface area contributed by atoms with Crippen LogP contribution in [0, 0.1) is 11.8 Å². The summed E-state index contributed by atoms with van der Waals surface area (Å²) < 4.78 is 0. The monoisotopic (exact) mass is 238 g/mol. The summed E-state index contributed by atoms with van der Waals surface area (Å²) in [5, 5.41) is 5.84. The van der Waals surface area contributed by atoms with E-state index in [4.69, 9.17) is 0 Å². The molecule has 16 heavy (non-hydrogen) atoms. The third-order valence-electron chi connectivity index (χ3n) is 3.70. The fourth-order valence-electron chi connectivity index (χ4n) is 2.72. The van der Waals surface area contributed by atoms with Crippen molar-refractivity contribution >= 4 is 11.3 Å². The zero-order valence-corrected chi connectivity index (χ0v) is 11.1. The number of aromatic nitrogens is 1. The summed E-state index contributed by atoms with van der Waals surface area (Å²) in [5.41, 5.74) is 3.15. The highest BCUT2D eigenvalue weighted by Gasteiger charge is 2.24. The molecule has 0 bridgehead atoms. The smallest absolute Gasteiger partial charge is 0.0794 e. The second-order valence-electron chi connectivity index (χ2n) is 5.19. The minimum atomic E-state index is 0.731. The number of thiazole rings is 1. The lowest BCUT2D eigenvalue weighted by Gasteiger charge is -2.33. The summed E-state index contributed by atoms with van der Waals surface area (Å²) in [6, 6.07) is 0.731. The van der Waals surface area contributed by atoms with Gasteiger partial charge in [0.25, 0.3) is 0 Å². The Morgan fingerprint density at radius 1 is 1.44 bits per heavy atom. The molecule has 1 N–H and O–H groups in total. The Hall–Kier alpha value is -0.410. The van der Waals surface area contributed by atoms with Gasteiger partial charge in [0.15, 0.2) is 0 Å². The number of rotatable bonds is 4. The normalized spacial score (nSPS) is 30.5. The SMILES string of the molecule is CC1CCC(NCCc2cscn2)C(C)C1. The molecule has 0 aliphatic heterocycles. The number of nitrogens with one attached hydrogen (secondary N) is 1. The van der Waals surface area contributed by atoms with Gasteiger partial charge in [-0.05, 0) is 31.1 Å². The van der Waals surface area contributed by atoms with Gasteiger partial charge in [-0.3, -0.25) is 0 Å². The van der Waals surface area contributed by atoms with Crippen molar-refractivity contribution in [3.05, 3.63) is 16.6 Å². The molecule has 3 heteroatoms. The summed E-state index contributed by atoms with van der Waals surface area (Å²) in [5.74, 6) is 1.76. The molecule has 90 valence electrons. The number of hydrogen-bond donors (Lipinski definition) is 1. The zero-order chi connectivity index (χ0) is 11.4. The van der Waals surface area contributed by atoms with Crippen molar-refractivity contribution in [1.29, 1.82) is 0 Å². The summed E-state index contributed by atoms with van der Waals surface area (Å²) >= 11 is 1.69. The largest absolute Gasteiger partial charge is 0.313 e. The maximum atomic E-state index is 4.31. The molecule has 0 radical (unpaired) electrons. The summed E-state index contributed by atoms with van der Waals surface area (Å²) in [6.45, 7) is 5.84. The highest BCUT2D eigenvalue weighted by molar-refractivity contribution is 7.07. The standard InChI is InChI=1S/C13H22N2S/c1-10-3-4-13(11(2)7-10)14-6-5-12-8-16-9-15-12/h8-11,13-14H,3-7H2,1-2H3. The molecule has 1 aromatic heterocycles. The quantitative estimate of drug-likeness (QED) is 0.872. The van der Waals surface area contributed by atoms with Crippen LogP contribution in [0.1, 0.15) is 38.8 Å². The van der Waals surface area contributed by atoms with E-state index in [1.165, 1.54) is 25.0 Å². The first kappa shape index (κ1) is 12.1. The van der Waals surface area contributed by atoms with Crippen LogP contribution < -0.4 is 5.32 Å². The molecule has 1 aliphatic carbocycles. The maximum Gasteiger partial charge on any atom is 0.0794 e. The summed E-state index contributed by atoms with van der Waals surface area (Å²) in [6.07, 6.45) is 5.19. The Bertz CT molecular complexity index is 297. The van der Waals surface area contributed by atoms with Gasteiger partial charge in [0, 0.05) is 24.4 Å². The van der Waals surface area contributed by atoms with Crippen molar-refractivity contribution in [1.82, 2.24) is 10.3 Å². The number of hydrogen-bond acceptors (Lipinski definition) is 3. The minimum absolute atomic E-state index is 0.731. The third kappa shape index (κ3) is 3.29. The van der Waals surface area contributed by atoms with E-state index in [1.54, 1.807) is 11.3 Å². The molecule has 3 unspecified atom stereocenters. The van der Waals surface area contributed by atoms with Gasteiger partial charge in [-0.1, -0.05) is 13.8 Å². The second-order valence-corrected chi connectivity index (χ2v) is 5.90. The van der Waals surface area contributed by atoms with Crippen molar-refractivity contribution < 1.29 is 0 Å². The van der Waals surface area contributed by atoms with E-state index in [1.807, 2.05) is 5.51 Å². The average molecular weight is 238 g/mol. The van der Waals surface area contributed by atoms with Crippen LogP contribution >= 0.6 is 11.3 Å². The molecule has 2 nitrogen and oxygen atoms in total. The van der Waals surface area contributed by atoms with E-state index in [0.717, 1.165) is 30.8 Å². The first-order chi connectivity index (χ1) is 7.75. The van der Waals surface area contributed by atoms with Crippen LogP contribution in [-0.4, -0.2) is 17.6 Å². The van der Waals surface area contributed by atoms with Gasteiger partial charge in [0.2, 0.25) is 0 Å². The number of nitrogens with zero attached hydrogens (tertiary/aromatic N) is 1. The molecule has 1 aromatic rings. The Morgan fingerprint density at radius 3 is 3.00 bits per heavy atom. The molecule has 0 saturated heterocycles. The van der Waals surface area contributed by atoms with Gasteiger partial charge in [-0.15, -0.1) is 11.3 Å². The van der Waals surface area contributed by atoms with Crippen LogP contribution in [-0.2, 0) is 6.42 Å². The van der Waals surface area contributed by atoms with Crippen molar-refractivity contribution in [3.8, 4) is 0 Å². The molecule has 1 aliphatic rings. The molecule has 3 atom stereocenters. The van der Waals surface area contributed by atoms with Crippen molar-refractivity contribution in [2.24, 2.45) is 11.8 Å². The zero-order valence-electron chi connectivity index (χ0n) is 10.3. The topological polar surface area (TPSA) is 24.9 Å². The van der Waals surface area contributed by atoms with Gasteiger partial charge >= 0.3 is 0 Å². The van der Waals surface area contributed by atoms with Crippen LogP contribution in [0.2, 0.25) is 0 Å². The van der Waals surface area contributed by atoms with Crippen LogP contribution in [0.4, 0.5) is 0 Å². The minimum Gasteiger partial charge on any atom is -0.313 e. The van der Waals surface area contributed by atoms with E-state index < -0.39 is 0 Å². The van der Waals surface area contributed by atoms with Gasteiger partial charge in [0.1, 0.15) is 0 Å². The molecular formula is C13H22N2S. The molecule has 0 amide bonds. The second kappa shape index (κ2) is 5.78. The fourth-order valence-corrected chi connectivity index (χ4v) is 3.31. The van der Waals surface area contributed by atoms with E-state index in [9.17, 15) is 0 Å². The predicted octanol–water partition coefficient (Wildman–Crippen LogP) is 3.10. The molecule has 1 heterocycles. The molecule has 2 rings (SSSR count). The van der Waals surface area contributed by atoms with E-state index in [2.05, 4.69) is 29.5 Å². The molecular weight excluding hydrogens is 216 g/mol. The lowest BCUT2D eigenvalue weighted by atomic mass is 9.80. The average Bonchev–Trinajstić information content (AvgIpc) is 2.74. The van der Waals surface area contributed by atoms with E-state index in [-0.39, 0.29) is 0 Å².